The summed E-state index contributed by atoms with van der Waals surface area (Å²) in [5.74, 6) is -0.439. The van der Waals surface area contributed by atoms with Gasteiger partial charge in [0.05, 0.1) is 0 Å². The molecule has 1 aliphatic heterocycles. The number of hydrogen-bond acceptors (Lipinski definition) is 3. The van der Waals surface area contributed by atoms with Gasteiger partial charge in [0.2, 0.25) is 5.91 Å². The van der Waals surface area contributed by atoms with Crippen molar-refractivity contribution < 1.29 is 14.3 Å². The summed E-state index contributed by atoms with van der Waals surface area (Å²) >= 11 is 0. The molecule has 1 saturated heterocycles. The van der Waals surface area contributed by atoms with Gasteiger partial charge in [0, 0.05) is 35.2 Å². The average molecular weight is 454 g/mol. The second-order valence-corrected chi connectivity index (χ2v) is 8.75. The van der Waals surface area contributed by atoms with E-state index in [-0.39, 0.29) is 18.7 Å². The number of likely N-dealkylation sites (tertiary alicyclic amines) is 1. The molecule has 6 heteroatoms. The molecule has 34 heavy (non-hydrogen) atoms. The van der Waals surface area contributed by atoms with Gasteiger partial charge in [-0.05, 0) is 65.8 Å². The van der Waals surface area contributed by atoms with Crippen LogP contribution in [0.15, 0.2) is 79.0 Å². The van der Waals surface area contributed by atoms with E-state index in [0.29, 0.717) is 12.1 Å². The quantitative estimate of drug-likeness (QED) is 0.416. The van der Waals surface area contributed by atoms with Gasteiger partial charge in [0.1, 0.15) is 6.61 Å². The number of H-pyrrole nitrogens is 1. The highest BCUT2D eigenvalue weighted by molar-refractivity contribution is 5.95. The van der Waals surface area contributed by atoms with Crippen LogP contribution in [0.25, 0.3) is 22.0 Å². The molecule has 1 aliphatic rings. The number of primary amides is 1. The topological polar surface area (TPSA) is 88.4 Å². The van der Waals surface area contributed by atoms with Crippen LogP contribution in [-0.2, 0) is 17.8 Å². The molecule has 2 amide bonds. The number of benzene rings is 3. The third-order valence-corrected chi connectivity index (χ3v) is 6.52. The molecule has 4 aromatic rings. The van der Waals surface area contributed by atoms with Gasteiger partial charge in [-0.2, -0.15) is 0 Å². The Labute approximate surface area is 198 Å². The van der Waals surface area contributed by atoms with Gasteiger partial charge >= 0.3 is 6.09 Å². The van der Waals surface area contributed by atoms with Crippen LogP contribution in [0.2, 0.25) is 0 Å². The number of rotatable bonds is 6. The van der Waals surface area contributed by atoms with Crippen molar-refractivity contribution in [2.45, 2.75) is 31.9 Å². The lowest BCUT2D eigenvalue weighted by Crippen LogP contribution is -2.37. The van der Waals surface area contributed by atoms with Crippen LogP contribution in [0.3, 0.4) is 0 Å². The number of nitrogens with one attached hydrogen (secondary N) is 1. The zero-order valence-corrected chi connectivity index (χ0v) is 18.9. The zero-order valence-electron chi connectivity index (χ0n) is 18.9. The average Bonchev–Trinajstić information content (AvgIpc) is 3.50. The van der Waals surface area contributed by atoms with Crippen LogP contribution in [0, 0.1) is 0 Å². The molecule has 5 rings (SSSR count). The van der Waals surface area contributed by atoms with E-state index < -0.39 is 5.91 Å². The van der Waals surface area contributed by atoms with Gasteiger partial charge in [0.15, 0.2) is 0 Å². The molecule has 1 fully saturated rings. The number of aromatic nitrogens is 1. The number of carbonyl (C=O) groups excluding carboxylic acids is 2. The Morgan fingerprint density at radius 1 is 1.00 bits per heavy atom. The van der Waals surface area contributed by atoms with Gasteiger partial charge < -0.3 is 20.4 Å². The maximum absolute atomic E-state index is 12.8. The van der Waals surface area contributed by atoms with Crippen molar-refractivity contribution in [1.82, 2.24) is 9.88 Å². The lowest BCUT2D eigenvalue weighted by Gasteiger charge is -2.24. The molecule has 6 nitrogen and oxygen atoms in total. The molecule has 3 N–H and O–H groups in total. The first-order valence-corrected chi connectivity index (χ1v) is 11.6. The second-order valence-electron chi connectivity index (χ2n) is 8.75. The van der Waals surface area contributed by atoms with Crippen molar-refractivity contribution in [1.29, 1.82) is 0 Å². The molecular formula is C28H27N3O3. The van der Waals surface area contributed by atoms with E-state index in [2.05, 4.69) is 11.1 Å². The molecular weight excluding hydrogens is 426 g/mol. The maximum Gasteiger partial charge on any atom is 0.410 e. The lowest BCUT2D eigenvalue weighted by atomic mass is 9.98. The van der Waals surface area contributed by atoms with Crippen molar-refractivity contribution >= 4 is 22.9 Å². The largest absolute Gasteiger partial charge is 0.445 e. The minimum absolute atomic E-state index is 0.101. The first-order valence-electron chi connectivity index (χ1n) is 11.6. The third-order valence-electron chi connectivity index (χ3n) is 6.52. The number of fused-ring (bicyclic) bond motifs is 1. The number of amides is 2. The number of carbonyl (C=O) groups is 2. The molecule has 172 valence electrons. The predicted molar refractivity (Wildman–Crippen MR) is 132 cm³/mol. The fraction of sp³-hybridized carbons (Fsp3) is 0.214. The summed E-state index contributed by atoms with van der Waals surface area (Å²) in [6.07, 6.45) is 4.45. The Morgan fingerprint density at radius 3 is 2.65 bits per heavy atom. The molecule has 0 saturated carbocycles. The molecule has 1 atom stereocenters. The number of nitrogens with two attached hydrogens (primary N) is 1. The molecule has 0 bridgehead atoms. The van der Waals surface area contributed by atoms with Gasteiger partial charge in [-0.1, -0.05) is 48.5 Å². The van der Waals surface area contributed by atoms with Crippen molar-refractivity contribution in [3.63, 3.8) is 0 Å². The normalized spacial score (nSPS) is 15.5. The summed E-state index contributed by atoms with van der Waals surface area (Å²) in [5.41, 5.74) is 11.1. The summed E-state index contributed by atoms with van der Waals surface area (Å²) in [6.45, 7) is 0.996. The molecule has 0 radical (unpaired) electrons. The molecule has 0 aliphatic carbocycles. The van der Waals surface area contributed by atoms with E-state index in [4.69, 9.17) is 10.5 Å². The predicted octanol–water partition coefficient (Wildman–Crippen LogP) is 5.28. The fourth-order valence-electron chi connectivity index (χ4n) is 4.72. The van der Waals surface area contributed by atoms with Crippen molar-refractivity contribution in [3.05, 3.63) is 95.7 Å². The van der Waals surface area contributed by atoms with Crippen LogP contribution in [0.1, 0.15) is 34.3 Å². The first kappa shape index (κ1) is 21.8. The minimum atomic E-state index is -0.439. The van der Waals surface area contributed by atoms with Gasteiger partial charge in [0.25, 0.3) is 0 Å². The second kappa shape index (κ2) is 9.43. The first-order chi connectivity index (χ1) is 16.6. The van der Waals surface area contributed by atoms with Crippen molar-refractivity contribution in [3.8, 4) is 11.1 Å². The van der Waals surface area contributed by atoms with Gasteiger partial charge in [-0.15, -0.1) is 0 Å². The minimum Gasteiger partial charge on any atom is -0.445 e. The van der Waals surface area contributed by atoms with E-state index >= 15 is 0 Å². The molecule has 2 heterocycles. The number of hydrogen-bond donors (Lipinski definition) is 2. The standard InChI is InChI=1S/C28H27N3O3/c29-27(32)22-9-4-8-20(14-22)21-11-12-26-25(16-21)23(17-30-26)15-24-10-5-13-31(24)28(33)34-18-19-6-2-1-3-7-19/h1-4,6-9,11-12,14,16-17,24,30H,5,10,13,15,18H2,(H2,29,32)/t24-/m1/s1. The Kier molecular flexibility index (Phi) is 6.04. The summed E-state index contributed by atoms with van der Waals surface area (Å²) in [6, 6.07) is 23.4. The molecule has 3 aromatic carbocycles. The Morgan fingerprint density at radius 2 is 1.82 bits per heavy atom. The smallest absolute Gasteiger partial charge is 0.410 e. The fourth-order valence-corrected chi connectivity index (χ4v) is 4.72. The van der Waals surface area contributed by atoms with E-state index in [1.807, 2.05) is 71.8 Å². The summed E-state index contributed by atoms with van der Waals surface area (Å²) in [7, 11) is 0. The van der Waals surface area contributed by atoms with Crippen molar-refractivity contribution in [2.75, 3.05) is 6.54 Å². The number of aromatic amines is 1. The van der Waals surface area contributed by atoms with Crippen LogP contribution in [0.4, 0.5) is 4.79 Å². The number of ether oxygens (including phenoxy) is 1. The van der Waals surface area contributed by atoms with Crippen LogP contribution >= 0.6 is 0 Å². The molecule has 0 spiro atoms. The Balaban J connectivity index is 1.34. The van der Waals surface area contributed by atoms with E-state index in [1.165, 1.54) is 0 Å². The third kappa shape index (κ3) is 4.53. The molecule has 0 unspecified atom stereocenters. The highest BCUT2D eigenvalue weighted by atomic mass is 16.6. The van der Waals surface area contributed by atoms with E-state index in [0.717, 1.165) is 52.4 Å². The maximum atomic E-state index is 12.8. The summed E-state index contributed by atoms with van der Waals surface area (Å²) in [4.78, 5) is 29.6. The van der Waals surface area contributed by atoms with Gasteiger partial charge in [-0.3, -0.25) is 4.79 Å². The van der Waals surface area contributed by atoms with E-state index in [9.17, 15) is 9.59 Å². The Bertz CT molecular complexity index is 1330. The zero-order chi connectivity index (χ0) is 23.5. The van der Waals surface area contributed by atoms with Crippen molar-refractivity contribution in [2.24, 2.45) is 5.73 Å². The Hall–Kier alpha value is -4.06. The summed E-state index contributed by atoms with van der Waals surface area (Å²) in [5, 5.41) is 1.12. The van der Waals surface area contributed by atoms with Gasteiger partial charge in [-0.25, -0.2) is 4.79 Å². The van der Waals surface area contributed by atoms with E-state index in [1.54, 1.807) is 6.07 Å². The number of nitrogens with zero attached hydrogens (tertiary/aromatic N) is 1. The highest BCUT2D eigenvalue weighted by Crippen LogP contribution is 2.30. The van der Waals surface area contributed by atoms with Crippen LogP contribution in [0.5, 0.6) is 0 Å². The monoisotopic (exact) mass is 453 g/mol. The lowest BCUT2D eigenvalue weighted by molar-refractivity contribution is 0.0921. The van der Waals surface area contributed by atoms with Crippen LogP contribution in [-0.4, -0.2) is 34.5 Å². The van der Waals surface area contributed by atoms with Crippen LogP contribution < -0.4 is 5.73 Å². The molecule has 1 aromatic heterocycles. The SMILES string of the molecule is NC(=O)c1cccc(-c2ccc3[nH]cc(C[C@H]4CCCN4C(=O)OCc4ccccc4)c3c2)c1. The summed E-state index contributed by atoms with van der Waals surface area (Å²) < 4.78 is 5.60. The highest BCUT2D eigenvalue weighted by Gasteiger charge is 2.30.